The van der Waals surface area contributed by atoms with Crippen molar-refractivity contribution in [3.8, 4) is 0 Å². The molecule has 0 aromatic heterocycles. The van der Waals surface area contributed by atoms with Gasteiger partial charge >= 0.3 is 23.9 Å². The number of amides is 2. The van der Waals surface area contributed by atoms with Gasteiger partial charge in [-0.3, -0.25) is 28.8 Å². The Labute approximate surface area is 300 Å². The molecule has 19 heteroatoms. The van der Waals surface area contributed by atoms with Gasteiger partial charge in [-0.2, -0.15) is 26.3 Å². The van der Waals surface area contributed by atoms with Crippen molar-refractivity contribution >= 4 is 44.8 Å². The van der Waals surface area contributed by atoms with Gasteiger partial charge in [0.2, 0.25) is 21.8 Å². The minimum Gasteiger partial charge on any atom is -0.337 e. The number of carbonyl (C=O) groups excluding carboxylic acids is 4. The summed E-state index contributed by atoms with van der Waals surface area (Å²) in [5.41, 5.74) is 8.67. The Morgan fingerprint density at radius 2 is 1.43 bits per heavy atom. The number of Topliss-reactive ketones (excluding diaryl/α,β-unsaturated/α-hetero) is 2. The number of benzene rings is 3. The van der Waals surface area contributed by atoms with Gasteiger partial charge in [-0.05, 0) is 48.2 Å². The number of sulfonamides is 1. The van der Waals surface area contributed by atoms with E-state index in [4.69, 9.17) is 5.73 Å². The molecule has 1 saturated heterocycles. The van der Waals surface area contributed by atoms with E-state index in [1.807, 2.05) is 40.1 Å². The van der Waals surface area contributed by atoms with Gasteiger partial charge in [0.25, 0.3) is 0 Å². The van der Waals surface area contributed by atoms with Crippen molar-refractivity contribution in [3.05, 3.63) is 95.8 Å². The maximum Gasteiger partial charge on any atom is 0.458 e. The van der Waals surface area contributed by atoms with Crippen LogP contribution in [-0.4, -0.2) is 98.5 Å². The summed E-state index contributed by atoms with van der Waals surface area (Å²) in [6.07, 6.45) is -9.50. The molecule has 0 unspecified atom stereocenters. The summed E-state index contributed by atoms with van der Waals surface area (Å²) < 4.78 is 107. The van der Waals surface area contributed by atoms with E-state index in [9.17, 15) is 58.3 Å². The van der Waals surface area contributed by atoms with Crippen LogP contribution in [0.15, 0.2) is 78.9 Å². The molecule has 2 atom stereocenters. The number of nitrogens with zero attached hydrogens (tertiary/aromatic N) is 2. The van der Waals surface area contributed by atoms with Gasteiger partial charge in [-0.1, -0.05) is 54.6 Å². The number of alkyl halides is 6. The number of nitrogens with one attached hydrogen (secondary N) is 2. The molecule has 1 heterocycles. The average molecular weight is 776 g/mol. The number of nitrogens with two attached hydrogens (primary N) is 1. The Kier molecular flexibility index (Phi) is 14.6. The Bertz CT molecular complexity index is 1840. The summed E-state index contributed by atoms with van der Waals surface area (Å²) in [5, 5.41) is 2.82. The van der Waals surface area contributed by atoms with Gasteiger partial charge in [-0.15, -0.1) is 0 Å². The molecule has 2 amide bonds. The van der Waals surface area contributed by atoms with Crippen LogP contribution in [-0.2, 0) is 42.0 Å². The molecule has 0 radical (unpaired) electrons. The van der Waals surface area contributed by atoms with Crippen LogP contribution in [0.1, 0.15) is 17.5 Å². The predicted octanol–water partition coefficient (Wildman–Crippen LogP) is 4.10. The first-order chi connectivity index (χ1) is 24.6. The standard InChI is InChI=1S/C30H36FN5O4S.C4F6O2/c1-41(39,40)34-26-12-7-11-25(19-26)33-29(37)21-35-14-15-36(27(20-35)16-22-8-3-2-4-9-22)30(38)18-24(32)17-23-10-5-6-13-28(23)31;5-3(6,7)1(11)2(12)4(8,9)10/h2-13,19,24,27,34H,14-18,20-21,32H2,1H3,(H,33,37);/t24-,27-;/m1./s1. The molecule has 1 aliphatic rings. The fourth-order valence-electron chi connectivity index (χ4n) is 5.35. The fraction of sp³-hybridized carbons (Fsp3) is 0.353. The van der Waals surface area contributed by atoms with Crippen LogP contribution in [0.25, 0.3) is 0 Å². The fourth-order valence-corrected chi connectivity index (χ4v) is 5.90. The molecule has 53 heavy (non-hydrogen) atoms. The number of hydrogen-bond donors (Lipinski definition) is 3. The van der Waals surface area contributed by atoms with E-state index >= 15 is 0 Å². The summed E-state index contributed by atoms with van der Waals surface area (Å²) >= 11 is 0. The van der Waals surface area contributed by atoms with Crippen molar-refractivity contribution in [2.45, 2.75) is 43.7 Å². The van der Waals surface area contributed by atoms with E-state index in [0.29, 0.717) is 43.0 Å². The van der Waals surface area contributed by atoms with Crippen LogP contribution < -0.4 is 15.8 Å². The molecule has 4 rings (SSSR count). The third-order valence-corrected chi connectivity index (χ3v) is 8.22. The molecular weight excluding hydrogens is 739 g/mol. The number of anilines is 2. The summed E-state index contributed by atoms with van der Waals surface area (Å²) in [4.78, 5) is 49.4. The lowest BCUT2D eigenvalue weighted by molar-refractivity contribution is -0.193. The monoisotopic (exact) mass is 775 g/mol. The molecule has 1 fully saturated rings. The maximum absolute atomic E-state index is 14.1. The maximum atomic E-state index is 14.1. The summed E-state index contributed by atoms with van der Waals surface area (Å²) in [7, 11) is -3.44. The lowest BCUT2D eigenvalue weighted by Crippen LogP contribution is -2.57. The summed E-state index contributed by atoms with van der Waals surface area (Å²) in [6, 6.07) is 22.1. The summed E-state index contributed by atoms with van der Waals surface area (Å²) in [5.74, 6) is -7.48. The predicted molar refractivity (Wildman–Crippen MR) is 180 cm³/mol. The highest BCUT2D eigenvalue weighted by Crippen LogP contribution is 2.24. The van der Waals surface area contributed by atoms with E-state index in [2.05, 4.69) is 10.0 Å². The highest BCUT2D eigenvalue weighted by atomic mass is 32.2. The lowest BCUT2D eigenvalue weighted by atomic mass is 9.99. The van der Waals surface area contributed by atoms with Crippen molar-refractivity contribution < 1.29 is 58.3 Å². The van der Waals surface area contributed by atoms with Crippen molar-refractivity contribution in [2.75, 3.05) is 42.5 Å². The zero-order chi connectivity index (χ0) is 39.6. The second-order valence-electron chi connectivity index (χ2n) is 12.1. The average Bonchev–Trinajstić information content (AvgIpc) is 3.04. The number of piperazine rings is 1. The first kappa shape index (κ1) is 42.5. The second-order valence-corrected chi connectivity index (χ2v) is 13.8. The number of halogens is 7. The molecule has 0 bridgehead atoms. The van der Waals surface area contributed by atoms with Crippen molar-refractivity contribution in [2.24, 2.45) is 5.73 Å². The van der Waals surface area contributed by atoms with Gasteiger partial charge in [-0.25, -0.2) is 12.8 Å². The zero-order valence-corrected chi connectivity index (χ0v) is 28.9. The van der Waals surface area contributed by atoms with Gasteiger partial charge < -0.3 is 16.0 Å². The minimum atomic E-state index is -5.77. The highest BCUT2D eigenvalue weighted by molar-refractivity contribution is 7.92. The third-order valence-electron chi connectivity index (χ3n) is 7.62. The Balaban J connectivity index is 0.000000541. The minimum absolute atomic E-state index is 0.0888. The zero-order valence-electron chi connectivity index (χ0n) is 28.1. The first-order valence-electron chi connectivity index (χ1n) is 15.8. The van der Waals surface area contributed by atoms with Crippen LogP contribution in [0.4, 0.5) is 42.1 Å². The lowest BCUT2D eigenvalue weighted by Gasteiger charge is -2.42. The van der Waals surface area contributed by atoms with Gasteiger partial charge in [0, 0.05) is 43.8 Å². The van der Waals surface area contributed by atoms with Crippen LogP contribution in [0.5, 0.6) is 0 Å². The molecule has 3 aromatic rings. The molecule has 0 saturated carbocycles. The van der Waals surface area contributed by atoms with Crippen molar-refractivity contribution in [1.29, 1.82) is 0 Å². The Hall–Kier alpha value is -4.88. The van der Waals surface area contributed by atoms with E-state index in [-0.39, 0.29) is 43.1 Å². The molecular formula is C34H36F7N5O6S. The van der Waals surface area contributed by atoms with Gasteiger partial charge in [0.1, 0.15) is 5.82 Å². The van der Waals surface area contributed by atoms with E-state index in [1.165, 1.54) is 6.07 Å². The molecule has 4 N–H and O–H groups in total. The highest BCUT2D eigenvalue weighted by Gasteiger charge is 2.54. The molecule has 0 spiro atoms. The van der Waals surface area contributed by atoms with Gasteiger partial charge in [0.05, 0.1) is 18.5 Å². The number of carbonyl (C=O) groups is 4. The smallest absolute Gasteiger partial charge is 0.337 e. The topological polar surface area (TPSA) is 159 Å². The first-order valence-corrected chi connectivity index (χ1v) is 17.7. The van der Waals surface area contributed by atoms with E-state index in [1.54, 1.807) is 42.5 Å². The Morgan fingerprint density at radius 1 is 0.849 bits per heavy atom. The van der Waals surface area contributed by atoms with Crippen molar-refractivity contribution in [3.63, 3.8) is 0 Å². The normalized spacial score (nSPS) is 15.8. The number of hydrogen-bond acceptors (Lipinski definition) is 8. The van der Waals surface area contributed by atoms with E-state index < -0.39 is 40.0 Å². The van der Waals surface area contributed by atoms with Crippen LogP contribution in [0.2, 0.25) is 0 Å². The molecule has 1 aliphatic heterocycles. The molecule has 3 aromatic carbocycles. The second kappa shape index (κ2) is 18.2. The van der Waals surface area contributed by atoms with Gasteiger partial charge in [0.15, 0.2) is 0 Å². The largest absolute Gasteiger partial charge is 0.458 e. The number of rotatable bonds is 12. The Morgan fingerprint density at radius 3 is 2.02 bits per heavy atom. The molecule has 11 nitrogen and oxygen atoms in total. The molecule has 288 valence electrons. The molecule has 0 aliphatic carbocycles. The van der Waals surface area contributed by atoms with E-state index in [0.717, 1.165) is 11.8 Å². The summed E-state index contributed by atoms with van der Waals surface area (Å²) in [6.45, 7) is 1.54. The quantitative estimate of drug-likeness (QED) is 0.183. The SMILES string of the molecule is CS(=O)(=O)Nc1cccc(NC(=O)CN2CCN(C(=O)C[C@H](N)Cc3ccccc3F)[C@H](Cc3ccccc3)C2)c1.O=C(C(=O)C(F)(F)F)C(F)(F)F. The number of ketones is 2. The van der Waals surface area contributed by atoms with Crippen LogP contribution in [0, 0.1) is 5.82 Å². The van der Waals surface area contributed by atoms with Crippen LogP contribution >= 0.6 is 0 Å². The third kappa shape index (κ3) is 14.2. The van der Waals surface area contributed by atoms with Crippen LogP contribution in [0.3, 0.4) is 0 Å². The van der Waals surface area contributed by atoms with Crippen molar-refractivity contribution in [1.82, 2.24) is 9.80 Å².